The lowest BCUT2D eigenvalue weighted by Gasteiger charge is -2.48. The van der Waals surface area contributed by atoms with E-state index in [4.69, 9.17) is 10.5 Å². The molecule has 0 bridgehead atoms. The normalized spacial score (nSPS) is 19.6. The van der Waals surface area contributed by atoms with Gasteiger partial charge in [0.25, 0.3) is 0 Å². The van der Waals surface area contributed by atoms with Gasteiger partial charge in [-0.25, -0.2) is 4.79 Å². The third-order valence-electron chi connectivity index (χ3n) is 5.75. The van der Waals surface area contributed by atoms with Crippen LogP contribution in [0.4, 0.5) is 0 Å². The standard InChI is InChI=1S/C27H23N3O3S2/c28-22-25(31)30-23(21(17-35-26(22)30)34-15-13-18-8-7-14-29-16-18)27(32)33-24(19-9-3-1-4-10-19)20-11-5-2-6-12-20/h1-16,22,24,26H,17,28H2/b15-13-. The maximum atomic E-state index is 13.7. The number of aromatic nitrogens is 1. The molecule has 35 heavy (non-hydrogen) atoms. The molecule has 0 aliphatic carbocycles. The second-order valence-electron chi connectivity index (χ2n) is 8.02. The van der Waals surface area contributed by atoms with Crippen molar-refractivity contribution in [3.63, 3.8) is 0 Å². The summed E-state index contributed by atoms with van der Waals surface area (Å²) in [5, 5.41) is 1.64. The molecule has 0 saturated carbocycles. The van der Waals surface area contributed by atoms with Gasteiger partial charge in [-0.05, 0) is 34.2 Å². The maximum absolute atomic E-state index is 13.7. The fourth-order valence-electron chi connectivity index (χ4n) is 3.98. The van der Waals surface area contributed by atoms with Crippen molar-refractivity contribution in [2.75, 3.05) is 5.75 Å². The minimum Gasteiger partial charge on any atom is -0.448 e. The number of pyridine rings is 1. The molecule has 0 spiro atoms. The van der Waals surface area contributed by atoms with Gasteiger partial charge < -0.3 is 10.5 Å². The molecule has 1 amide bonds. The summed E-state index contributed by atoms with van der Waals surface area (Å²) < 4.78 is 6.10. The number of hydrogen-bond acceptors (Lipinski definition) is 7. The van der Waals surface area contributed by atoms with Gasteiger partial charge in [0.2, 0.25) is 5.91 Å². The van der Waals surface area contributed by atoms with Crippen LogP contribution in [0.1, 0.15) is 22.8 Å². The highest BCUT2D eigenvalue weighted by Crippen LogP contribution is 2.44. The van der Waals surface area contributed by atoms with Crippen molar-refractivity contribution in [1.29, 1.82) is 0 Å². The molecule has 5 rings (SSSR count). The van der Waals surface area contributed by atoms with Crippen LogP contribution in [0, 0.1) is 0 Å². The lowest BCUT2D eigenvalue weighted by Crippen LogP contribution is -2.68. The zero-order chi connectivity index (χ0) is 24.2. The van der Waals surface area contributed by atoms with Gasteiger partial charge in [0.15, 0.2) is 6.10 Å². The Morgan fingerprint density at radius 3 is 2.40 bits per heavy atom. The smallest absolute Gasteiger partial charge is 0.356 e. The summed E-state index contributed by atoms with van der Waals surface area (Å²) in [5.74, 6) is -0.235. The van der Waals surface area contributed by atoms with Gasteiger partial charge in [0, 0.05) is 23.1 Å². The predicted octanol–water partition coefficient (Wildman–Crippen LogP) is 4.57. The summed E-state index contributed by atoms with van der Waals surface area (Å²) in [7, 11) is 0. The highest BCUT2D eigenvalue weighted by Gasteiger charge is 2.52. The first-order valence-corrected chi connectivity index (χ1v) is 13.0. The van der Waals surface area contributed by atoms with Crippen LogP contribution in [0.3, 0.4) is 0 Å². The van der Waals surface area contributed by atoms with Crippen LogP contribution in [-0.2, 0) is 14.3 Å². The summed E-state index contributed by atoms with van der Waals surface area (Å²) in [4.78, 5) is 32.7. The number of carbonyl (C=O) groups is 2. The number of rotatable bonds is 7. The van der Waals surface area contributed by atoms with Crippen molar-refractivity contribution < 1.29 is 14.3 Å². The molecule has 2 aliphatic rings. The van der Waals surface area contributed by atoms with E-state index in [0.29, 0.717) is 5.75 Å². The quantitative estimate of drug-likeness (QED) is 0.375. The van der Waals surface area contributed by atoms with Crippen LogP contribution < -0.4 is 5.73 Å². The largest absolute Gasteiger partial charge is 0.448 e. The SMILES string of the molecule is NC1C(=O)N2C(C(=O)OC(c3ccccc3)c3ccccc3)=C(S/C=C\c3cccnc3)CSC12. The molecule has 176 valence electrons. The van der Waals surface area contributed by atoms with Crippen molar-refractivity contribution in [3.05, 3.63) is 118 Å². The minimum absolute atomic E-state index is 0.261. The molecule has 6 nitrogen and oxygen atoms in total. The zero-order valence-corrected chi connectivity index (χ0v) is 20.3. The third kappa shape index (κ3) is 4.91. The highest BCUT2D eigenvalue weighted by atomic mass is 32.2. The van der Waals surface area contributed by atoms with Crippen molar-refractivity contribution in [3.8, 4) is 0 Å². The molecular weight excluding hydrogens is 478 g/mol. The van der Waals surface area contributed by atoms with Crippen LogP contribution >= 0.6 is 23.5 Å². The molecule has 2 unspecified atom stereocenters. The number of hydrogen-bond donors (Lipinski definition) is 1. The van der Waals surface area contributed by atoms with Crippen LogP contribution in [0.5, 0.6) is 0 Å². The predicted molar refractivity (Wildman–Crippen MR) is 140 cm³/mol. The summed E-state index contributed by atoms with van der Waals surface area (Å²) in [6.45, 7) is 0. The van der Waals surface area contributed by atoms with E-state index >= 15 is 0 Å². The van der Waals surface area contributed by atoms with E-state index in [2.05, 4.69) is 4.98 Å². The number of nitrogens with zero attached hydrogens (tertiary/aromatic N) is 2. The van der Waals surface area contributed by atoms with Crippen LogP contribution in [-0.4, -0.2) is 38.9 Å². The molecule has 0 radical (unpaired) electrons. The van der Waals surface area contributed by atoms with E-state index in [1.54, 1.807) is 24.2 Å². The molecule has 8 heteroatoms. The number of benzene rings is 2. The molecule has 2 N–H and O–H groups in total. The lowest BCUT2D eigenvalue weighted by atomic mass is 10.0. The molecular formula is C27H23N3O3S2. The first-order chi connectivity index (χ1) is 17.1. The van der Waals surface area contributed by atoms with Gasteiger partial charge in [-0.2, -0.15) is 0 Å². The summed E-state index contributed by atoms with van der Waals surface area (Å²) in [6, 6.07) is 22.4. The van der Waals surface area contributed by atoms with Gasteiger partial charge >= 0.3 is 5.97 Å². The Kier molecular flexibility index (Phi) is 7.03. The number of fused-ring (bicyclic) bond motifs is 1. The minimum atomic E-state index is -0.612. The summed E-state index contributed by atoms with van der Waals surface area (Å²) in [6.07, 6.45) is 4.79. The highest BCUT2D eigenvalue weighted by molar-refractivity contribution is 8.08. The Bertz CT molecular complexity index is 1230. The van der Waals surface area contributed by atoms with Crippen molar-refractivity contribution in [2.45, 2.75) is 17.5 Å². The Morgan fingerprint density at radius 1 is 1.09 bits per heavy atom. The number of ether oxygens (including phenoxy) is 1. The molecule has 2 aromatic carbocycles. The average molecular weight is 502 g/mol. The van der Waals surface area contributed by atoms with Gasteiger partial charge in [0.05, 0.1) is 0 Å². The van der Waals surface area contributed by atoms with E-state index in [-0.39, 0.29) is 17.0 Å². The third-order valence-corrected chi connectivity index (χ3v) is 8.13. The Morgan fingerprint density at radius 2 is 1.77 bits per heavy atom. The van der Waals surface area contributed by atoms with Gasteiger partial charge in [-0.3, -0.25) is 14.7 Å². The summed E-state index contributed by atoms with van der Waals surface area (Å²) in [5.41, 5.74) is 8.96. The van der Waals surface area contributed by atoms with Crippen molar-refractivity contribution in [2.24, 2.45) is 5.73 Å². The second-order valence-corrected chi connectivity index (χ2v) is 10.1. The number of β-lactam (4-membered cyclic amide) rings is 1. The maximum Gasteiger partial charge on any atom is 0.356 e. The fourth-order valence-corrected chi connectivity index (χ4v) is 6.28. The number of esters is 1. The van der Waals surface area contributed by atoms with Crippen molar-refractivity contribution >= 4 is 41.5 Å². The van der Waals surface area contributed by atoms with Gasteiger partial charge in [-0.15, -0.1) is 11.8 Å². The molecule has 3 heterocycles. The average Bonchev–Trinajstić information content (AvgIpc) is 2.92. The van der Waals surface area contributed by atoms with E-state index in [9.17, 15) is 9.59 Å². The van der Waals surface area contributed by atoms with Gasteiger partial charge in [-0.1, -0.05) is 78.5 Å². The lowest BCUT2D eigenvalue weighted by molar-refractivity contribution is -0.152. The molecule has 1 aromatic heterocycles. The number of nitrogens with two attached hydrogens (primary N) is 1. The molecule has 2 atom stereocenters. The van der Waals surface area contributed by atoms with E-state index in [0.717, 1.165) is 21.6 Å². The van der Waals surface area contributed by atoms with Crippen LogP contribution in [0.2, 0.25) is 0 Å². The topological polar surface area (TPSA) is 85.5 Å². The number of carbonyl (C=O) groups excluding carboxylic acids is 2. The van der Waals surface area contributed by atoms with Crippen molar-refractivity contribution in [1.82, 2.24) is 9.88 Å². The van der Waals surface area contributed by atoms with E-state index < -0.39 is 18.1 Å². The number of thioether (sulfide) groups is 2. The molecule has 1 fully saturated rings. The molecule has 3 aromatic rings. The fraction of sp³-hybridized carbons (Fsp3) is 0.148. The second kappa shape index (κ2) is 10.5. The first kappa shape index (κ1) is 23.4. The van der Waals surface area contributed by atoms with Crippen LogP contribution in [0.15, 0.2) is 101 Å². The Labute approximate surface area is 212 Å². The molecule has 1 saturated heterocycles. The first-order valence-electron chi connectivity index (χ1n) is 11.1. The Balaban J connectivity index is 1.46. The van der Waals surface area contributed by atoms with Gasteiger partial charge in [0.1, 0.15) is 17.1 Å². The van der Waals surface area contributed by atoms with E-state index in [1.165, 1.54) is 16.7 Å². The van der Waals surface area contributed by atoms with E-state index in [1.807, 2.05) is 84.3 Å². The number of amides is 1. The summed E-state index contributed by atoms with van der Waals surface area (Å²) >= 11 is 2.96. The van der Waals surface area contributed by atoms with Crippen LogP contribution in [0.25, 0.3) is 6.08 Å². The zero-order valence-electron chi connectivity index (χ0n) is 18.7. The monoisotopic (exact) mass is 501 g/mol. The molecule has 2 aliphatic heterocycles. The Hall–Kier alpha value is -3.33.